The van der Waals surface area contributed by atoms with Crippen LogP contribution in [0.1, 0.15) is 64.7 Å². The van der Waals surface area contributed by atoms with Gasteiger partial charge in [-0.05, 0) is 82.5 Å². The van der Waals surface area contributed by atoms with Gasteiger partial charge in [-0.25, -0.2) is 0 Å². The Balaban J connectivity index is 1.46. The number of halogens is 2. The number of allylic oxidation sites excluding steroid dienone is 4. The van der Waals surface area contributed by atoms with E-state index in [1.54, 1.807) is 0 Å². The highest BCUT2D eigenvalue weighted by Gasteiger charge is 2.47. The van der Waals surface area contributed by atoms with Crippen molar-refractivity contribution >= 4 is 29.1 Å². The molecular weight excluding hydrogens is 405 g/mol. The average molecular weight is 440 g/mol. The second kappa shape index (κ2) is 8.53. The molecule has 2 aliphatic heterocycles. The number of amides is 1. The zero-order chi connectivity index (χ0) is 20.6. The summed E-state index contributed by atoms with van der Waals surface area (Å²) in [6, 6.07) is 0.776. The summed E-state index contributed by atoms with van der Waals surface area (Å²) in [7, 11) is 2.02. The van der Waals surface area contributed by atoms with Crippen LogP contribution in [-0.2, 0) is 4.79 Å². The van der Waals surface area contributed by atoms with Gasteiger partial charge in [0, 0.05) is 36.1 Å². The fourth-order valence-corrected chi connectivity index (χ4v) is 6.55. The average Bonchev–Trinajstić information content (AvgIpc) is 3.37. The third-order valence-electron chi connectivity index (χ3n) is 7.80. The van der Waals surface area contributed by atoms with Crippen LogP contribution in [-0.4, -0.2) is 60.0 Å². The van der Waals surface area contributed by atoms with E-state index in [0.717, 1.165) is 13.0 Å². The minimum atomic E-state index is -0.257. The Hall–Kier alpha value is -0.550. The largest absolute Gasteiger partial charge is 0.341 e. The molecule has 0 aromatic rings. The predicted molar refractivity (Wildman–Crippen MR) is 120 cm³/mol. The molecule has 2 aliphatic carbocycles. The van der Waals surface area contributed by atoms with Gasteiger partial charge in [0.05, 0.1) is 5.03 Å². The molecule has 29 heavy (non-hydrogen) atoms. The molecule has 1 N–H and O–H groups in total. The fourth-order valence-electron chi connectivity index (χ4n) is 6.05. The molecule has 4 unspecified atom stereocenters. The van der Waals surface area contributed by atoms with Crippen molar-refractivity contribution in [2.24, 2.45) is 5.41 Å². The quantitative estimate of drug-likeness (QED) is 0.693. The fraction of sp³-hybridized carbons (Fsp3) is 0.783. The Labute approximate surface area is 185 Å². The normalized spacial score (nSPS) is 38.2. The molecule has 1 amide bonds. The number of likely N-dealkylation sites (tertiary alicyclic amines) is 1. The predicted octanol–water partition coefficient (Wildman–Crippen LogP) is 4.63. The number of rotatable bonds is 4. The molecule has 4 atom stereocenters. The van der Waals surface area contributed by atoms with Crippen molar-refractivity contribution in [2.75, 3.05) is 26.7 Å². The number of nitrogens with zero attached hydrogens (tertiary/aromatic N) is 2. The Morgan fingerprint density at radius 2 is 2.03 bits per heavy atom. The van der Waals surface area contributed by atoms with Crippen LogP contribution in [0.3, 0.4) is 0 Å². The smallest absolute Gasteiger partial charge is 0.223 e. The van der Waals surface area contributed by atoms with Crippen molar-refractivity contribution in [2.45, 2.75) is 82.3 Å². The third kappa shape index (κ3) is 4.56. The van der Waals surface area contributed by atoms with Gasteiger partial charge in [-0.3, -0.25) is 9.69 Å². The number of hydrogen-bond donors (Lipinski definition) is 1. The standard InChI is InChI=1S/C23H35Cl2N3O/c1-22(9-6-17(24)18(25)14-22)16-21(29)27(2)19-7-10-23(8-5-11-26-23)15-20(19)28-12-3-4-13-28/h6,9,19-20,26H,3-5,7-8,10-16H2,1-2H3. The number of hydrogen-bond acceptors (Lipinski definition) is 3. The van der Waals surface area contributed by atoms with E-state index >= 15 is 0 Å². The van der Waals surface area contributed by atoms with E-state index in [1.165, 1.54) is 51.6 Å². The first-order valence-corrected chi connectivity index (χ1v) is 12.0. The summed E-state index contributed by atoms with van der Waals surface area (Å²) >= 11 is 12.4. The van der Waals surface area contributed by atoms with Crippen LogP contribution in [0.4, 0.5) is 0 Å². The molecule has 6 heteroatoms. The topological polar surface area (TPSA) is 35.6 Å². The number of likely N-dealkylation sites (N-methyl/N-ethyl adjacent to an activating group) is 1. The van der Waals surface area contributed by atoms with Crippen molar-refractivity contribution in [3.05, 3.63) is 22.2 Å². The number of carbonyl (C=O) groups excluding carboxylic acids is 1. The van der Waals surface area contributed by atoms with Crippen molar-refractivity contribution in [3.63, 3.8) is 0 Å². The zero-order valence-electron chi connectivity index (χ0n) is 17.9. The van der Waals surface area contributed by atoms with Crippen LogP contribution in [0.25, 0.3) is 0 Å². The van der Waals surface area contributed by atoms with Gasteiger partial charge in [-0.1, -0.05) is 36.2 Å². The highest BCUT2D eigenvalue weighted by Crippen LogP contribution is 2.42. The third-order valence-corrected chi connectivity index (χ3v) is 8.59. The molecule has 162 valence electrons. The lowest BCUT2D eigenvalue weighted by molar-refractivity contribution is -0.136. The van der Waals surface area contributed by atoms with Crippen molar-refractivity contribution in [3.8, 4) is 0 Å². The monoisotopic (exact) mass is 439 g/mol. The van der Waals surface area contributed by atoms with Crippen LogP contribution in [0.5, 0.6) is 0 Å². The van der Waals surface area contributed by atoms with Gasteiger partial charge in [-0.15, -0.1) is 0 Å². The molecule has 4 rings (SSSR count). The minimum Gasteiger partial charge on any atom is -0.341 e. The van der Waals surface area contributed by atoms with E-state index in [9.17, 15) is 4.79 Å². The summed E-state index contributed by atoms with van der Waals surface area (Å²) in [6.45, 7) is 5.61. The number of nitrogens with one attached hydrogen (secondary N) is 1. The lowest BCUT2D eigenvalue weighted by atomic mass is 9.74. The molecule has 0 aromatic carbocycles. The van der Waals surface area contributed by atoms with Crippen LogP contribution >= 0.6 is 23.2 Å². The molecule has 0 radical (unpaired) electrons. The summed E-state index contributed by atoms with van der Waals surface area (Å²) in [5.41, 5.74) is 0.0493. The lowest BCUT2D eigenvalue weighted by Crippen LogP contribution is -2.60. The maximum atomic E-state index is 13.3. The van der Waals surface area contributed by atoms with E-state index < -0.39 is 0 Å². The van der Waals surface area contributed by atoms with Crippen molar-refractivity contribution in [1.29, 1.82) is 0 Å². The second-order valence-corrected chi connectivity index (χ2v) is 10.9. The van der Waals surface area contributed by atoms with Crippen LogP contribution < -0.4 is 5.32 Å². The zero-order valence-corrected chi connectivity index (χ0v) is 19.4. The van der Waals surface area contributed by atoms with Gasteiger partial charge >= 0.3 is 0 Å². The molecule has 0 bridgehead atoms. The van der Waals surface area contributed by atoms with Gasteiger partial charge in [0.1, 0.15) is 0 Å². The van der Waals surface area contributed by atoms with Gasteiger partial charge < -0.3 is 10.2 Å². The van der Waals surface area contributed by atoms with Gasteiger partial charge in [0.15, 0.2) is 0 Å². The summed E-state index contributed by atoms with van der Waals surface area (Å²) in [6.07, 6.45) is 13.6. The second-order valence-electron chi connectivity index (χ2n) is 10.0. The molecule has 4 aliphatic rings. The Morgan fingerprint density at radius 3 is 2.69 bits per heavy atom. The van der Waals surface area contributed by atoms with Gasteiger partial charge in [-0.2, -0.15) is 0 Å². The summed E-state index contributed by atoms with van der Waals surface area (Å²) in [4.78, 5) is 18.1. The van der Waals surface area contributed by atoms with E-state index in [2.05, 4.69) is 28.1 Å². The molecule has 0 aromatic heterocycles. The van der Waals surface area contributed by atoms with Gasteiger partial charge in [0.25, 0.3) is 0 Å². The Kier molecular flexibility index (Phi) is 6.37. The maximum absolute atomic E-state index is 13.3. The molecule has 1 saturated carbocycles. The van der Waals surface area contributed by atoms with Crippen molar-refractivity contribution < 1.29 is 4.79 Å². The molecule has 4 nitrogen and oxygen atoms in total. The molecular formula is C23H35Cl2N3O. The highest BCUT2D eigenvalue weighted by atomic mass is 35.5. The SMILES string of the molecule is CN(C(=O)CC1(C)C=CC(Cl)=C(Cl)C1)C1CCC2(CCCN2)CC1N1CCCC1. The highest BCUT2D eigenvalue weighted by molar-refractivity contribution is 6.40. The summed E-state index contributed by atoms with van der Waals surface area (Å²) in [5.74, 6) is 0.226. The Bertz CT molecular complexity index is 694. The molecule has 2 heterocycles. The van der Waals surface area contributed by atoms with E-state index in [0.29, 0.717) is 40.5 Å². The van der Waals surface area contributed by atoms with Crippen molar-refractivity contribution in [1.82, 2.24) is 15.1 Å². The number of carbonyl (C=O) groups is 1. The summed E-state index contributed by atoms with van der Waals surface area (Å²) in [5, 5.41) is 5.08. The first-order chi connectivity index (χ1) is 13.8. The van der Waals surface area contributed by atoms with E-state index in [4.69, 9.17) is 23.2 Å². The molecule has 3 fully saturated rings. The van der Waals surface area contributed by atoms with E-state index in [1.807, 2.05) is 13.1 Å². The Morgan fingerprint density at radius 1 is 1.28 bits per heavy atom. The maximum Gasteiger partial charge on any atom is 0.223 e. The molecule has 2 saturated heterocycles. The molecule has 1 spiro atoms. The van der Waals surface area contributed by atoms with Crippen LogP contribution in [0.15, 0.2) is 22.2 Å². The summed E-state index contributed by atoms with van der Waals surface area (Å²) < 4.78 is 0. The van der Waals surface area contributed by atoms with Crippen LogP contribution in [0, 0.1) is 5.41 Å². The first kappa shape index (κ1) is 21.7. The van der Waals surface area contributed by atoms with Crippen LogP contribution in [0.2, 0.25) is 0 Å². The first-order valence-electron chi connectivity index (χ1n) is 11.3. The van der Waals surface area contributed by atoms with Gasteiger partial charge in [0.2, 0.25) is 5.91 Å². The lowest BCUT2D eigenvalue weighted by Gasteiger charge is -2.49. The minimum absolute atomic E-state index is 0.226. The van der Waals surface area contributed by atoms with E-state index in [-0.39, 0.29) is 11.3 Å².